The molecular formula is C19H21F2N3O. The Morgan fingerprint density at radius 2 is 2.12 bits per heavy atom. The third kappa shape index (κ3) is 3.85. The van der Waals surface area contributed by atoms with Crippen LogP contribution in [0, 0.1) is 5.92 Å². The summed E-state index contributed by atoms with van der Waals surface area (Å²) >= 11 is 0. The van der Waals surface area contributed by atoms with Gasteiger partial charge in [0, 0.05) is 34.9 Å². The van der Waals surface area contributed by atoms with Gasteiger partial charge < -0.3 is 16.4 Å². The topological polar surface area (TPSA) is 72.3 Å². The Bertz CT molecular complexity index is 795. The lowest BCUT2D eigenvalue weighted by molar-refractivity contribution is -0.110. The van der Waals surface area contributed by atoms with Crippen molar-refractivity contribution in [3.8, 4) is 0 Å². The predicted molar refractivity (Wildman–Crippen MR) is 94.8 cm³/mol. The highest BCUT2D eigenvalue weighted by atomic mass is 19.1. The van der Waals surface area contributed by atoms with E-state index in [9.17, 15) is 13.6 Å². The molecule has 0 bridgehead atoms. The molecule has 1 aliphatic heterocycles. The van der Waals surface area contributed by atoms with E-state index in [0.717, 1.165) is 6.08 Å². The van der Waals surface area contributed by atoms with E-state index in [1.54, 1.807) is 13.0 Å². The first-order valence-electron chi connectivity index (χ1n) is 7.70. The largest absolute Gasteiger partial charge is 0.402 e. The molecule has 0 aromatic rings. The van der Waals surface area contributed by atoms with E-state index in [4.69, 9.17) is 11.5 Å². The fourth-order valence-corrected chi connectivity index (χ4v) is 2.65. The van der Waals surface area contributed by atoms with Crippen LogP contribution in [0.3, 0.4) is 0 Å². The molecule has 0 aromatic heterocycles. The fraction of sp³-hybridized carbons (Fsp3) is 0.211. The van der Waals surface area contributed by atoms with Crippen LogP contribution in [0.15, 0.2) is 83.6 Å². The van der Waals surface area contributed by atoms with E-state index in [1.165, 1.54) is 30.2 Å². The van der Waals surface area contributed by atoms with Crippen molar-refractivity contribution in [1.82, 2.24) is 4.90 Å². The van der Waals surface area contributed by atoms with Gasteiger partial charge in [-0.15, -0.1) is 0 Å². The number of ketones is 1. The molecule has 0 saturated heterocycles. The average Bonchev–Trinajstić information content (AvgIpc) is 3.16. The molecule has 0 spiro atoms. The van der Waals surface area contributed by atoms with Gasteiger partial charge in [-0.2, -0.15) is 0 Å². The quantitative estimate of drug-likeness (QED) is 0.593. The smallest absolute Gasteiger partial charge is 0.169 e. The summed E-state index contributed by atoms with van der Waals surface area (Å²) in [5, 5.41) is 0. The van der Waals surface area contributed by atoms with Crippen molar-refractivity contribution in [2.75, 3.05) is 0 Å². The molecule has 2 atom stereocenters. The lowest BCUT2D eigenvalue weighted by Crippen LogP contribution is -2.32. The molecule has 6 heteroatoms. The maximum absolute atomic E-state index is 14.0. The van der Waals surface area contributed by atoms with Crippen LogP contribution in [0.1, 0.15) is 13.8 Å². The molecule has 132 valence electrons. The molecule has 2 aliphatic rings. The van der Waals surface area contributed by atoms with E-state index in [0.29, 0.717) is 22.7 Å². The van der Waals surface area contributed by atoms with Gasteiger partial charge in [-0.1, -0.05) is 19.2 Å². The van der Waals surface area contributed by atoms with Gasteiger partial charge >= 0.3 is 0 Å². The van der Waals surface area contributed by atoms with Crippen LogP contribution in [0.25, 0.3) is 0 Å². The number of hydrogen-bond donors (Lipinski definition) is 2. The molecule has 2 unspecified atom stereocenters. The maximum Gasteiger partial charge on any atom is 0.169 e. The molecular weight excluding hydrogens is 324 g/mol. The number of hydrogen-bond acceptors (Lipinski definition) is 4. The normalized spacial score (nSPS) is 24.3. The summed E-state index contributed by atoms with van der Waals surface area (Å²) in [6.45, 7) is 11.0. The Morgan fingerprint density at radius 1 is 1.48 bits per heavy atom. The van der Waals surface area contributed by atoms with Crippen molar-refractivity contribution < 1.29 is 13.6 Å². The van der Waals surface area contributed by atoms with Gasteiger partial charge in [0.25, 0.3) is 0 Å². The van der Waals surface area contributed by atoms with Crippen molar-refractivity contribution in [2.24, 2.45) is 17.4 Å². The highest BCUT2D eigenvalue weighted by Crippen LogP contribution is 2.41. The van der Waals surface area contributed by atoms with Gasteiger partial charge in [0.1, 0.15) is 11.7 Å². The number of Topliss-reactive ketones (excluding diaryl/α,β-unsaturated/α-hetero) is 1. The molecule has 1 fully saturated rings. The lowest BCUT2D eigenvalue weighted by Gasteiger charge is -2.30. The zero-order chi connectivity index (χ0) is 18.9. The van der Waals surface area contributed by atoms with Gasteiger partial charge in [-0.3, -0.25) is 4.79 Å². The zero-order valence-electron chi connectivity index (χ0n) is 14.2. The molecule has 0 radical (unpaired) electrons. The van der Waals surface area contributed by atoms with Crippen LogP contribution in [-0.2, 0) is 4.79 Å². The molecule has 0 aromatic carbocycles. The number of carbonyl (C=O) groups excluding carboxylic acids is 1. The van der Waals surface area contributed by atoms with Gasteiger partial charge in [-0.05, 0) is 37.6 Å². The molecule has 2 rings (SSSR count). The van der Waals surface area contributed by atoms with Gasteiger partial charge in [-0.25, -0.2) is 8.78 Å². The second-order valence-corrected chi connectivity index (χ2v) is 5.95. The zero-order valence-corrected chi connectivity index (χ0v) is 14.2. The summed E-state index contributed by atoms with van der Waals surface area (Å²) in [7, 11) is 0. The van der Waals surface area contributed by atoms with Crippen molar-refractivity contribution in [1.29, 1.82) is 0 Å². The number of allylic oxidation sites excluding steroid dienone is 7. The first kappa shape index (κ1) is 18.6. The monoisotopic (exact) mass is 345 g/mol. The van der Waals surface area contributed by atoms with Crippen LogP contribution in [0.5, 0.6) is 0 Å². The van der Waals surface area contributed by atoms with Gasteiger partial charge in [0.15, 0.2) is 5.78 Å². The average molecular weight is 345 g/mol. The van der Waals surface area contributed by atoms with Crippen LogP contribution >= 0.6 is 0 Å². The number of carbonyl (C=O) groups is 1. The van der Waals surface area contributed by atoms with Gasteiger partial charge in [0.05, 0.1) is 5.92 Å². The lowest BCUT2D eigenvalue weighted by atomic mass is 9.96. The SMILES string of the molecule is C=C(/C=C(/C)N)N1C=C(F)C=C(C(N)C2C(=O)/C2=C/C(F)=C\C)C1=C. The van der Waals surface area contributed by atoms with Crippen molar-refractivity contribution in [3.63, 3.8) is 0 Å². The summed E-state index contributed by atoms with van der Waals surface area (Å²) in [5.41, 5.74) is 13.7. The number of nitrogens with zero attached hydrogens (tertiary/aromatic N) is 1. The van der Waals surface area contributed by atoms with Crippen LogP contribution < -0.4 is 11.5 Å². The molecule has 0 amide bonds. The van der Waals surface area contributed by atoms with Crippen molar-refractivity contribution in [2.45, 2.75) is 19.9 Å². The molecule has 1 aliphatic carbocycles. The minimum absolute atomic E-state index is 0.253. The van der Waals surface area contributed by atoms with Crippen molar-refractivity contribution in [3.05, 3.63) is 83.6 Å². The Morgan fingerprint density at radius 3 is 2.68 bits per heavy atom. The van der Waals surface area contributed by atoms with E-state index < -0.39 is 23.6 Å². The minimum Gasteiger partial charge on any atom is -0.402 e. The second kappa shape index (κ2) is 7.03. The fourth-order valence-electron chi connectivity index (χ4n) is 2.65. The Balaban J connectivity index is 2.28. The molecule has 4 N–H and O–H groups in total. The first-order valence-corrected chi connectivity index (χ1v) is 7.70. The van der Waals surface area contributed by atoms with E-state index in [2.05, 4.69) is 13.2 Å². The van der Waals surface area contributed by atoms with Crippen LogP contribution in [0.4, 0.5) is 8.78 Å². The standard InChI is InChI=1S/C19H21F2N3O/c1-5-13(20)7-16-17(19(16)25)18(23)15-8-14(21)9-24(12(15)4)11(3)6-10(2)22/h5-9,17-18H,3-4,22-23H2,1-2H3/b10-6-,13-5+,16-7+. The van der Waals surface area contributed by atoms with Crippen LogP contribution in [0.2, 0.25) is 0 Å². The summed E-state index contributed by atoms with van der Waals surface area (Å²) in [4.78, 5) is 13.4. The highest BCUT2D eigenvalue weighted by molar-refractivity contribution is 6.17. The van der Waals surface area contributed by atoms with Crippen LogP contribution in [-0.4, -0.2) is 16.7 Å². The molecule has 1 heterocycles. The molecule has 4 nitrogen and oxygen atoms in total. The minimum atomic E-state index is -0.825. The summed E-state index contributed by atoms with van der Waals surface area (Å²) in [6.07, 6.45) is 6.41. The Kier molecular flexibility index (Phi) is 5.23. The highest BCUT2D eigenvalue weighted by Gasteiger charge is 2.48. The predicted octanol–water partition coefficient (Wildman–Crippen LogP) is 3.26. The third-order valence-electron chi connectivity index (χ3n) is 3.98. The summed E-state index contributed by atoms with van der Waals surface area (Å²) in [6, 6.07) is -0.825. The summed E-state index contributed by atoms with van der Waals surface area (Å²) in [5.74, 6) is -2.00. The first-order chi connectivity index (χ1) is 11.7. The maximum atomic E-state index is 14.0. The molecule has 1 saturated carbocycles. The number of halogens is 2. The van der Waals surface area contributed by atoms with E-state index in [-0.39, 0.29) is 11.4 Å². The van der Waals surface area contributed by atoms with Gasteiger partial charge in [0.2, 0.25) is 0 Å². The molecule has 25 heavy (non-hydrogen) atoms. The summed E-state index contributed by atoms with van der Waals surface area (Å²) < 4.78 is 27.4. The number of rotatable bonds is 5. The van der Waals surface area contributed by atoms with E-state index in [1.807, 2.05) is 0 Å². The Hall–Kier alpha value is -2.73. The van der Waals surface area contributed by atoms with E-state index >= 15 is 0 Å². The number of nitrogens with two attached hydrogens (primary N) is 2. The second-order valence-electron chi connectivity index (χ2n) is 5.95. The Labute approximate surface area is 145 Å². The third-order valence-corrected chi connectivity index (χ3v) is 3.98. The van der Waals surface area contributed by atoms with Crippen molar-refractivity contribution >= 4 is 5.78 Å².